The predicted octanol–water partition coefficient (Wildman–Crippen LogP) is 5.50. The fourth-order valence-corrected chi connectivity index (χ4v) is 4.63. The number of aromatic nitrogens is 2. The van der Waals surface area contributed by atoms with Gasteiger partial charge >= 0.3 is 0 Å². The van der Waals surface area contributed by atoms with E-state index in [-0.39, 0.29) is 23.8 Å². The number of hydrogen-bond donors (Lipinski definition) is 1. The van der Waals surface area contributed by atoms with E-state index in [9.17, 15) is 9.59 Å². The van der Waals surface area contributed by atoms with E-state index in [0.29, 0.717) is 11.5 Å². The molecule has 7 nitrogen and oxygen atoms in total. The summed E-state index contributed by atoms with van der Waals surface area (Å²) in [5.41, 5.74) is 4.19. The van der Waals surface area contributed by atoms with Gasteiger partial charge in [0.05, 0.1) is 5.69 Å². The smallest absolute Gasteiger partial charge is 0.268 e. The lowest BCUT2D eigenvalue weighted by Gasteiger charge is -2.27. The van der Waals surface area contributed by atoms with Crippen LogP contribution in [0.25, 0.3) is 11.3 Å². The van der Waals surface area contributed by atoms with Gasteiger partial charge < -0.3 is 10.2 Å². The lowest BCUT2D eigenvalue weighted by Crippen LogP contribution is -2.41. The molecule has 0 bridgehead atoms. The number of rotatable bonds is 7. The molecule has 2 heterocycles. The zero-order valence-electron chi connectivity index (χ0n) is 20.9. The molecular weight excluding hydrogens is 426 g/mol. The number of likely N-dealkylation sites (tertiary alicyclic amines) is 1. The van der Waals surface area contributed by atoms with E-state index in [1.165, 1.54) is 12.8 Å². The summed E-state index contributed by atoms with van der Waals surface area (Å²) >= 11 is 0. The van der Waals surface area contributed by atoms with E-state index >= 15 is 0 Å². The van der Waals surface area contributed by atoms with Crippen LogP contribution in [-0.2, 0) is 16.1 Å². The zero-order chi connectivity index (χ0) is 24.2. The number of nitrogens with one attached hydrogen (secondary N) is 1. The fourth-order valence-electron chi connectivity index (χ4n) is 4.63. The van der Waals surface area contributed by atoms with Crippen molar-refractivity contribution in [3.63, 3.8) is 0 Å². The molecule has 1 saturated heterocycles. The van der Waals surface area contributed by atoms with Crippen LogP contribution >= 0.6 is 0 Å². The molecule has 7 heteroatoms. The quantitative estimate of drug-likeness (QED) is 0.551. The summed E-state index contributed by atoms with van der Waals surface area (Å²) < 4.78 is 1.89. The van der Waals surface area contributed by atoms with E-state index < -0.39 is 0 Å². The zero-order valence-corrected chi connectivity index (χ0v) is 20.9. The van der Waals surface area contributed by atoms with E-state index in [4.69, 9.17) is 10.1 Å². The van der Waals surface area contributed by atoms with Crippen molar-refractivity contribution in [2.45, 2.75) is 85.2 Å². The Kier molecular flexibility index (Phi) is 7.49. The Balaban J connectivity index is 1.57. The molecule has 1 atom stereocenters. The fraction of sp³-hybridized carbons (Fsp3) is 0.556. The van der Waals surface area contributed by atoms with Gasteiger partial charge in [-0.15, -0.1) is 0 Å². The summed E-state index contributed by atoms with van der Waals surface area (Å²) in [5, 5.41) is 7.82. The normalized spacial score (nSPS) is 19.1. The first-order chi connectivity index (χ1) is 16.4. The number of nitrogens with zero attached hydrogens (tertiary/aromatic N) is 4. The van der Waals surface area contributed by atoms with Crippen LogP contribution in [0.2, 0.25) is 0 Å². The van der Waals surface area contributed by atoms with Gasteiger partial charge in [0.1, 0.15) is 5.71 Å². The van der Waals surface area contributed by atoms with Crippen LogP contribution < -0.4 is 5.32 Å². The highest BCUT2D eigenvalue weighted by Gasteiger charge is 2.29. The predicted molar refractivity (Wildman–Crippen MR) is 136 cm³/mol. The van der Waals surface area contributed by atoms with Crippen LogP contribution in [0, 0.1) is 12.8 Å². The molecule has 182 valence electrons. The first-order valence-electron chi connectivity index (χ1n) is 12.7. The molecule has 4 rings (SSSR count). The first kappa shape index (κ1) is 24.2. The molecule has 0 radical (unpaired) electrons. The highest BCUT2D eigenvalue weighted by Crippen LogP contribution is 2.32. The molecule has 2 aromatic rings. The molecule has 1 saturated carbocycles. The molecule has 1 aliphatic heterocycles. The second-order valence-electron chi connectivity index (χ2n) is 9.80. The van der Waals surface area contributed by atoms with Crippen molar-refractivity contribution in [1.29, 1.82) is 0 Å². The second-order valence-corrected chi connectivity index (χ2v) is 9.80. The summed E-state index contributed by atoms with van der Waals surface area (Å²) in [6.45, 7) is 9.61. The minimum Gasteiger partial charge on any atom is -0.335 e. The number of hydrogen-bond acceptors (Lipinski definition) is 4. The highest BCUT2D eigenvalue weighted by atomic mass is 16.2. The Bertz CT molecular complexity index is 1080. The van der Waals surface area contributed by atoms with Crippen LogP contribution in [0.5, 0.6) is 0 Å². The van der Waals surface area contributed by atoms with E-state index in [1.807, 2.05) is 47.7 Å². The number of anilines is 1. The van der Waals surface area contributed by atoms with Gasteiger partial charge in [-0.2, -0.15) is 5.10 Å². The third-order valence-corrected chi connectivity index (χ3v) is 6.82. The van der Waals surface area contributed by atoms with Crippen LogP contribution in [-0.4, -0.2) is 44.8 Å². The van der Waals surface area contributed by atoms with E-state index in [0.717, 1.165) is 67.7 Å². The van der Waals surface area contributed by atoms with Crippen molar-refractivity contribution in [3.8, 4) is 11.3 Å². The molecular formula is C27H37N5O2. The molecule has 1 aromatic heterocycles. The van der Waals surface area contributed by atoms with Crippen LogP contribution in [0.15, 0.2) is 29.3 Å². The second kappa shape index (κ2) is 10.5. The Morgan fingerprint density at radius 3 is 2.65 bits per heavy atom. The van der Waals surface area contributed by atoms with Gasteiger partial charge in [-0.3, -0.25) is 9.59 Å². The van der Waals surface area contributed by atoms with Crippen molar-refractivity contribution in [2.24, 2.45) is 10.9 Å². The van der Waals surface area contributed by atoms with Crippen molar-refractivity contribution >= 4 is 29.0 Å². The van der Waals surface area contributed by atoms with Gasteiger partial charge in [-0.1, -0.05) is 25.8 Å². The largest absolute Gasteiger partial charge is 0.335 e. The minimum atomic E-state index is 0.0205. The third-order valence-electron chi connectivity index (χ3n) is 6.82. The van der Waals surface area contributed by atoms with Crippen molar-refractivity contribution in [2.75, 3.05) is 11.9 Å². The molecule has 1 N–H and O–H groups in total. The minimum absolute atomic E-state index is 0.0205. The summed E-state index contributed by atoms with van der Waals surface area (Å²) in [4.78, 5) is 32.0. The Hall–Kier alpha value is -2.96. The number of benzene rings is 1. The molecule has 1 aromatic carbocycles. The van der Waals surface area contributed by atoms with Gasteiger partial charge in [0, 0.05) is 42.4 Å². The average Bonchev–Trinajstić information content (AvgIpc) is 3.61. The monoisotopic (exact) mass is 463 g/mol. The standard InChI is InChI=1S/C27H37N5O2/c1-5-14-32-25(28-20(4)27(34)31-15-8-6-7-9-19(31)3)17-24(30-32)23-13-12-22(16-18(23)2)29-26(33)21-10-11-21/h12-13,16-17,19,21H,5-11,14-15H2,1-4H3,(H,29,33)/b28-20+. The number of aryl methyl sites for hydroxylation is 2. The molecule has 1 unspecified atom stereocenters. The molecule has 0 spiro atoms. The summed E-state index contributed by atoms with van der Waals surface area (Å²) in [5.74, 6) is 1.01. The Morgan fingerprint density at radius 1 is 1.15 bits per heavy atom. The maximum atomic E-state index is 13.2. The third kappa shape index (κ3) is 5.57. The molecule has 2 fully saturated rings. The van der Waals surface area contributed by atoms with Gasteiger partial charge in [0.15, 0.2) is 5.82 Å². The summed E-state index contributed by atoms with van der Waals surface area (Å²) in [6.07, 6.45) is 7.35. The molecule has 2 amide bonds. The number of carbonyl (C=O) groups excluding carboxylic acids is 2. The van der Waals surface area contributed by atoms with Crippen molar-refractivity contribution in [3.05, 3.63) is 29.8 Å². The summed E-state index contributed by atoms with van der Waals surface area (Å²) in [6, 6.07) is 8.13. The molecule has 34 heavy (non-hydrogen) atoms. The lowest BCUT2D eigenvalue weighted by atomic mass is 10.0. The van der Waals surface area contributed by atoms with E-state index in [1.54, 1.807) is 0 Å². The van der Waals surface area contributed by atoms with Crippen molar-refractivity contribution in [1.82, 2.24) is 14.7 Å². The van der Waals surface area contributed by atoms with Crippen LogP contribution in [0.3, 0.4) is 0 Å². The SMILES string of the molecule is CCCn1nc(-c2ccc(NC(=O)C3CC3)cc2C)cc1/N=C(\C)C(=O)N1CCCCCC1C. The van der Waals surface area contributed by atoms with Gasteiger partial charge in [-0.25, -0.2) is 9.67 Å². The molecule has 2 aliphatic rings. The topological polar surface area (TPSA) is 79.6 Å². The lowest BCUT2D eigenvalue weighted by molar-refractivity contribution is -0.126. The highest BCUT2D eigenvalue weighted by molar-refractivity contribution is 6.38. The van der Waals surface area contributed by atoms with E-state index in [2.05, 4.69) is 19.2 Å². The van der Waals surface area contributed by atoms with Crippen LogP contribution in [0.1, 0.15) is 71.3 Å². The average molecular weight is 464 g/mol. The van der Waals surface area contributed by atoms with Gasteiger partial charge in [0.25, 0.3) is 5.91 Å². The maximum absolute atomic E-state index is 13.2. The molecule has 1 aliphatic carbocycles. The number of carbonyl (C=O) groups is 2. The number of amides is 2. The Labute approximate surface area is 202 Å². The summed E-state index contributed by atoms with van der Waals surface area (Å²) in [7, 11) is 0. The first-order valence-corrected chi connectivity index (χ1v) is 12.7. The van der Waals surface area contributed by atoms with Crippen molar-refractivity contribution < 1.29 is 9.59 Å². The maximum Gasteiger partial charge on any atom is 0.268 e. The van der Waals surface area contributed by atoms with Gasteiger partial charge in [0.2, 0.25) is 5.91 Å². The number of aliphatic imine (C=N–C) groups is 1. The van der Waals surface area contributed by atoms with Gasteiger partial charge in [-0.05, 0) is 70.6 Å². The van der Waals surface area contributed by atoms with Crippen LogP contribution in [0.4, 0.5) is 11.5 Å². The Morgan fingerprint density at radius 2 is 1.94 bits per heavy atom.